The zero-order valence-corrected chi connectivity index (χ0v) is 17.7. The minimum Gasteiger partial charge on any atom is -0.352 e. The fourth-order valence-corrected chi connectivity index (χ4v) is 4.20. The number of sulfonamides is 1. The number of hydrogen-bond acceptors (Lipinski definition) is 6. The standard InChI is InChI=1S/C20H19N5O3S2/c1-30(27,28)25-15-4-2-13(3-5-15)6-9-22-20(26)16-7-10-21-19-17(16)23-18(24-19)14-8-11-29-12-14/h2-5,7-8,10-12,25H,6,9H2,1H3,(H,22,26)(H,21,23,24). The molecule has 0 unspecified atom stereocenters. The normalized spacial score (nSPS) is 11.5. The summed E-state index contributed by atoms with van der Waals surface area (Å²) in [7, 11) is -3.30. The van der Waals surface area contributed by atoms with E-state index in [1.54, 1.807) is 35.7 Å². The summed E-state index contributed by atoms with van der Waals surface area (Å²) in [5, 5.41) is 6.85. The third-order valence-corrected chi connectivity index (χ3v) is 5.67. The Kier molecular flexibility index (Phi) is 5.51. The van der Waals surface area contributed by atoms with Crippen LogP contribution < -0.4 is 10.0 Å². The van der Waals surface area contributed by atoms with Gasteiger partial charge in [0, 0.05) is 29.4 Å². The van der Waals surface area contributed by atoms with Gasteiger partial charge in [-0.1, -0.05) is 12.1 Å². The summed E-state index contributed by atoms with van der Waals surface area (Å²) < 4.78 is 24.9. The lowest BCUT2D eigenvalue weighted by atomic mass is 10.1. The van der Waals surface area contributed by atoms with Crippen LogP contribution >= 0.6 is 11.3 Å². The van der Waals surface area contributed by atoms with E-state index in [9.17, 15) is 13.2 Å². The Labute approximate surface area is 177 Å². The summed E-state index contributed by atoms with van der Waals surface area (Å²) in [6, 6.07) is 10.7. The second kappa shape index (κ2) is 8.25. The van der Waals surface area contributed by atoms with Gasteiger partial charge in [-0.2, -0.15) is 11.3 Å². The first-order valence-electron chi connectivity index (χ1n) is 9.11. The van der Waals surface area contributed by atoms with Crippen molar-refractivity contribution in [3.05, 3.63) is 64.5 Å². The Morgan fingerprint density at radius 1 is 1.17 bits per heavy atom. The number of pyridine rings is 1. The number of imidazole rings is 1. The van der Waals surface area contributed by atoms with Gasteiger partial charge < -0.3 is 10.3 Å². The maximum Gasteiger partial charge on any atom is 0.253 e. The van der Waals surface area contributed by atoms with Crippen molar-refractivity contribution in [1.29, 1.82) is 0 Å². The van der Waals surface area contributed by atoms with Gasteiger partial charge in [-0.25, -0.2) is 18.4 Å². The molecule has 10 heteroatoms. The van der Waals surface area contributed by atoms with Crippen LogP contribution in [0.3, 0.4) is 0 Å². The molecule has 3 N–H and O–H groups in total. The van der Waals surface area contributed by atoms with Crippen molar-refractivity contribution in [1.82, 2.24) is 20.3 Å². The largest absolute Gasteiger partial charge is 0.352 e. The number of carbonyl (C=O) groups is 1. The van der Waals surface area contributed by atoms with E-state index in [0.29, 0.717) is 41.2 Å². The summed E-state index contributed by atoms with van der Waals surface area (Å²) in [6.07, 6.45) is 3.30. The van der Waals surface area contributed by atoms with Gasteiger partial charge in [-0.3, -0.25) is 9.52 Å². The topological polar surface area (TPSA) is 117 Å². The molecule has 0 atom stereocenters. The van der Waals surface area contributed by atoms with Crippen LogP contribution in [0.4, 0.5) is 5.69 Å². The number of H-pyrrole nitrogens is 1. The molecule has 4 rings (SSSR count). The predicted octanol–water partition coefficient (Wildman–Crippen LogP) is 3.03. The Bertz CT molecular complexity index is 1280. The first-order valence-corrected chi connectivity index (χ1v) is 11.9. The molecule has 0 radical (unpaired) electrons. The summed E-state index contributed by atoms with van der Waals surface area (Å²) in [5.74, 6) is 0.461. The first kappa shape index (κ1) is 20.0. The van der Waals surface area contributed by atoms with E-state index in [4.69, 9.17) is 0 Å². The van der Waals surface area contributed by atoms with Crippen molar-refractivity contribution in [2.75, 3.05) is 17.5 Å². The lowest BCUT2D eigenvalue weighted by molar-refractivity contribution is 0.0955. The number of amides is 1. The van der Waals surface area contributed by atoms with Crippen molar-refractivity contribution in [2.45, 2.75) is 6.42 Å². The number of nitrogens with zero attached hydrogens (tertiary/aromatic N) is 2. The van der Waals surface area contributed by atoms with Crippen LogP contribution in [0, 0.1) is 0 Å². The third-order valence-electron chi connectivity index (χ3n) is 4.38. The SMILES string of the molecule is CS(=O)(=O)Nc1ccc(CCNC(=O)c2ccnc3[nH]c(-c4ccsc4)nc23)cc1. The predicted molar refractivity (Wildman–Crippen MR) is 118 cm³/mol. The number of nitrogens with one attached hydrogen (secondary N) is 3. The lowest BCUT2D eigenvalue weighted by Crippen LogP contribution is -2.26. The molecule has 1 amide bonds. The Balaban J connectivity index is 1.41. The molecule has 1 aromatic carbocycles. The van der Waals surface area contributed by atoms with Crippen LogP contribution in [-0.2, 0) is 16.4 Å². The Morgan fingerprint density at radius 3 is 2.67 bits per heavy atom. The van der Waals surface area contributed by atoms with Gasteiger partial charge in [0.05, 0.1) is 11.8 Å². The molecule has 0 spiro atoms. The van der Waals surface area contributed by atoms with E-state index in [2.05, 4.69) is 25.0 Å². The van der Waals surface area contributed by atoms with Crippen LogP contribution in [0.15, 0.2) is 53.4 Å². The fraction of sp³-hybridized carbons (Fsp3) is 0.150. The number of fused-ring (bicyclic) bond motifs is 1. The van der Waals surface area contributed by atoms with Crippen LogP contribution in [0.25, 0.3) is 22.6 Å². The summed E-state index contributed by atoms with van der Waals surface area (Å²) in [4.78, 5) is 24.7. The average Bonchev–Trinajstić information content (AvgIpc) is 3.37. The highest BCUT2D eigenvalue weighted by Crippen LogP contribution is 2.23. The summed E-state index contributed by atoms with van der Waals surface area (Å²) >= 11 is 1.57. The van der Waals surface area contributed by atoms with Crippen LogP contribution in [0.2, 0.25) is 0 Å². The molecule has 3 aromatic heterocycles. The molecule has 0 saturated heterocycles. The molecular weight excluding hydrogens is 422 g/mol. The van der Waals surface area contributed by atoms with Crippen molar-refractivity contribution in [3.63, 3.8) is 0 Å². The highest BCUT2D eigenvalue weighted by Gasteiger charge is 2.15. The molecule has 0 fully saturated rings. The summed E-state index contributed by atoms with van der Waals surface area (Å²) in [5.41, 5.74) is 4.01. The lowest BCUT2D eigenvalue weighted by Gasteiger charge is -2.07. The van der Waals surface area contributed by atoms with E-state index < -0.39 is 10.0 Å². The molecule has 0 aliphatic carbocycles. The van der Waals surface area contributed by atoms with Crippen molar-refractivity contribution in [2.24, 2.45) is 0 Å². The van der Waals surface area contributed by atoms with Crippen molar-refractivity contribution >= 4 is 44.1 Å². The monoisotopic (exact) mass is 441 g/mol. The second-order valence-corrected chi connectivity index (χ2v) is 9.26. The molecule has 8 nitrogen and oxygen atoms in total. The minimum atomic E-state index is -3.30. The van der Waals surface area contributed by atoms with Gasteiger partial charge in [-0.05, 0) is 41.6 Å². The average molecular weight is 442 g/mol. The molecule has 3 heterocycles. The van der Waals surface area contributed by atoms with Crippen LogP contribution in [0.1, 0.15) is 15.9 Å². The molecule has 4 aromatic rings. The molecule has 154 valence electrons. The molecule has 0 saturated carbocycles. The highest BCUT2D eigenvalue weighted by molar-refractivity contribution is 7.92. The number of aromatic nitrogens is 3. The molecular formula is C20H19N5O3S2. The number of rotatable bonds is 7. The maximum atomic E-state index is 12.7. The quantitative estimate of drug-likeness (QED) is 0.408. The van der Waals surface area contributed by atoms with E-state index in [1.807, 2.05) is 29.0 Å². The van der Waals surface area contributed by atoms with Gasteiger partial charge in [0.25, 0.3) is 5.91 Å². The molecule has 0 aliphatic rings. The third kappa shape index (κ3) is 4.66. The number of thiophene rings is 1. The molecule has 0 bridgehead atoms. The van der Waals surface area contributed by atoms with Crippen LogP contribution in [-0.4, -0.2) is 42.1 Å². The number of aromatic amines is 1. The number of benzene rings is 1. The number of anilines is 1. The van der Waals surface area contributed by atoms with Crippen molar-refractivity contribution in [3.8, 4) is 11.4 Å². The van der Waals surface area contributed by atoms with Gasteiger partial charge in [0.15, 0.2) is 5.65 Å². The fourth-order valence-electron chi connectivity index (χ4n) is 3.00. The number of hydrogen-bond donors (Lipinski definition) is 3. The highest BCUT2D eigenvalue weighted by atomic mass is 32.2. The molecule has 30 heavy (non-hydrogen) atoms. The first-order chi connectivity index (χ1) is 14.4. The maximum absolute atomic E-state index is 12.7. The smallest absolute Gasteiger partial charge is 0.253 e. The Morgan fingerprint density at radius 2 is 1.97 bits per heavy atom. The van der Waals surface area contributed by atoms with Crippen LogP contribution in [0.5, 0.6) is 0 Å². The van der Waals surface area contributed by atoms with E-state index >= 15 is 0 Å². The van der Waals surface area contributed by atoms with E-state index in [-0.39, 0.29) is 5.91 Å². The van der Waals surface area contributed by atoms with Gasteiger partial charge >= 0.3 is 0 Å². The number of carbonyl (C=O) groups excluding carboxylic acids is 1. The van der Waals surface area contributed by atoms with E-state index in [0.717, 1.165) is 17.4 Å². The van der Waals surface area contributed by atoms with Gasteiger partial charge in [-0.15, -0.1) is 0 Å². The minimum absolute atomic E-state index is 0.221. The second-order valence-electron chi connectivity index (χ2n) is 6.73. The summed E-state index contributed by atoms with van der Waals surface area (Å²) in [6.45, 7) is 0.434. The van der Waals surface area contributed by atoms with E-state index in [1.165, 1.54) is 0 Å². The molecule has 0 aliphatic heterocycles. The van der Waals surface area contributed by atoms with Crippen molar-refractivity contribution < 1.29 is 13.2 Å². The zero-order chi connectivity index (χ0) is 21.1. The van der Waals surface area contributed by atoms with Gasteiger partial charge in [0.1, 0.15) is 11.3 Å². The van der Waals surface area contributed by atoms with Gasteiger partial charge in [0.2, 0.25) is 10.0 Å². The zero-order valence-electron chi connectivity index (χ0n) is 16.0. The Hall–Kier alpha value is -3.24.